The first kappa shape index (κ1) is 15.6. The van der Waals surface area contributed by atoms with Crippen molar-refractivity contribution in [2.75, 3.05) is 6.61 Å². The second kappa shape index (κ2) is 5.68. The summed E-state index contributed by atoms with van der Waals surface area (Å²) in [5, 5.41) is 17.9. The zero-order valence-electron chi connectivity index (χ0n) is 11.0. The molecule has 106 valence electrons. The number of aliphatic hydroxyl groups is 1. The van der Waals surface area contributed by atoms with Crippen molar-refractivity contribution in [3.8, 4) is 0 Å². The summed E-state index contributed by atoms with van der Waals surface area (Å²) in [4.78, 5) is 10.9. The minimum atomic E-state index is -3.85. The molecule has 0 bridgehead atoms. The second-order valence-electron chi connectivity index (χ2n) is 4.44. The predicted molar refractivity (Wildman–Crippen MR) is 69.7 cm³/mol. The average Bonchev–Trinajstić information content (AvgIpc) is 2.27. The van der Waals surface area contributed by atoms with E-state index in [-0.39, 0.29) is 17.1 Å². The molecule has 1 rings (SSSR count). The molecule has 1 aromatic carbocycles. The van der Waals surface area contributed by atoms with Gasteiger partial charge in [0, 0.05) is 6.04 Å². The molecule has 0 radical (unpaired) electrons. The summed E-state index contributed by atoms with van der Waals surface area (Å²) in [6.07, 6.45) is 0. The van der Waals surface area contributed by atoms with Crippen LogP contribution in [0, 0.1) is 13.8 Å². The first-order valence-electron chi connectivity index (χ1n) is 5.66. The number of aliphatic hydroxyl groups excluding tert-OH is 1. The maximum absolute atomic E-state index is 12.1. The summed E-state index contributed by atoms with van der Waals surface area (Å²) in [6, 6.07) is 2.01. The number of carboxylic acids is 1. The Balaban J connectivity index is 3.34. The molecule has 0 saturated carbocycles. The van der Waals surface area contributed by atoms with Crippen molar-refractivity contribution in [3.05, 3.63) is 28.8 Å². The molecular formula is C12H17NO5S. The number of rotatable bonds is 5. The van der Waals surface area contributed by atoms with E-state index in [1.54, 1.807) is 13.8 Å². The minimum Gasteiger partial charge on any atom is -0.478 e. The first-order chi connectivity index (χ1) is 8.69. The van der Waals surface area contributed by atoms with Crippen LogP contribution in [0.3, 0.4) is 0 Å². The fourth-order valence-corrected chi connectivity index (χ4v) is 3.20. The van der Waals surface area contributed by atoms with Crippen molar-refractivity contribution in [1.29, 1.82) is 0 Å². The molecule has 0 spiro atoms. The van der Waals surface area contributed by atoms with Crippen LogP contribution in [-0.2, 0) is 10.0 Å². The summed E-state index contributed by atoms with van der Waals surface area (Å²) in [5.41, 5.74) is 0.905. The highest BCUT2D eigenvalue weighted by atomic mass is 32.2. The van der Waals surface area contributed by atoms with Crippen LogP contribution in [0.1, 0.15) is 28.4 Å². The molecular weight excluding hydrogens is 270 g/mol. The number of aryl methyl sites for hydroxylation is 2. The van der Waals surface area contributed by atoms with Crippen LogP contribution >= 0.6 is 0 Å². The highest BCUT2D eigenvalue weighted by Gasteiger charge is 2.22. The van der Waals surface area contributed by atoms with Crippen molar-refractivity contribution in [2.45, 2.75) is 31.7 Å². The topological polar surface area (TPSA) is 104 Å². The van der Waals surface area contributed by atoms with Gasteiger partial charge in [0.2, 0.25) is 10.0 Å². The van der Waals surface area contributed by atoms with Gasteiger partial charge in [-0.15, -0.1) is 0 Å². The molecule has 1 unspecified atom stereocenters. The molecule has 0 aromatic heterocycles. The number of carbonyl (C=O) groups is 1. The number of carboxylic acid groups (broad SMARTS) is 1. The van der Waals surface area contributed by atoms with Gasteiger partial charge in [-0.3, -0.25) is 0 Å². The number of nitrogens with one attached hydrogen (secondary N) is 1. The van der Waals surface area contributed by atoms with Gasteiger partial charge in [0.05, 0.1) is 17.1 Å². The molecule has 3 N–H and O–H groups in total. The quantitative estimate of drug-likeness (QED) is 0.738. The van der Waals surface area contributed by atoms with Crippen molar-refractivity contribution < 1.29 is 23.4 Å². The van der Waals surface area contributed by atoms with E-state index in [0.29, 0.717) is 11.1 Å². The minimum absolute atomic E-state index is 0.0531. The lowest BCUT2D eigenvalue weighted by Gasteiger charge is -2.14. The summed E-state index contributed by atoms with van der Waals surface area (Å²) in [5.74, 6) is -1.18. The van der Waals surface area contributed by atoms with Crippen LogP contribution < -0.4 is 4.72 Å². The molecule has 6 nitrogen and oxygen atoms in total. The van der Waals surface area contributed by atoms with Gasteiger partial charge in [-0.25, -0.2) is 17.9 Å². The van der Waals surface area contributed by atoms with E-state index in [1.807, 2.05) is 0 Å². The van der Waals surface area contributed by atoms with Crippen molar-refractivity contribution in [3.63, 3.8) is 0 Å². The molecule has 7 heteroatoms. The summed E-state index contributed by atoms with van der Waals surface area (Å²) >= 11 is 0. The Morgan fingerprint density at radius 3 is 2.37 bits per heavy atom. The molecule has 0 aliphatic carbocycles. The smallest absolute Gasteiger partial charge is 0.335 e. The predicted octanol–water partition coefficient (Wildman–Crippen LogP) is 0.661. The summed E-state index contributed by atoms with van der Waals surface area (Å²) in [7, 11) is -3.85. The van der Waals surface area contributed by atoms with Crippen LogP contribution in [-0.4, -0.2) is 37.2 Å². The third-order valence-electron chi connectivity index (χ3n) is 2.67. The van der Waals surface area contributed by atoms with Gasteiger partial charge in [-0.05, 0) is 38.0 Å². The second-order valence-corrected chi connectivity index (χ2v) is 6.13. The lowest BCUT2D eigenvalue weighted by atomic mass is 10.1. The van der Waals surface area contributed by atoms with Crippen LogP contribution in [0.2, 0.25) is 0 Å². The first-order valence-corrected chi connectivity index (χ1v) is 7.15. The third kappa shape index (κ3) is 3.52. The summed E-state index contributed by atoms with van der Waals surface area (Å²) < 4.78 is 26.5. The lowest BCUT2D eigenvalue weighted by Crippen LogP contribution is -2.35. The van der Waals surface area contributed by atoms with Gasteiger partial charge < -0.3 is 10.2 Å². The third-order valence-corrected chi connectivity index (χ3v) is 4.40. The molecule has 1 aromatic rings. The number of aromatic carboxylic acids is 1. The standard InChI is InChI=1S/C12H17NO5S/c1-7-4-8(2)11(5-10(7)12(15)16)19(17,18)13-9(3)6-14/h4-5,9,13-14H,6H2,1-3H3,(H,15,16). The van der Waals surface area contributed by atoms with Gasteiger partial charge in [-0.2, -0.15) is 0 Å². The highest BCUT2D eigenvalue weighted by molar-refractivity contribution is 7.89. The van der Waals surface area contributed by atoms with Gasteiger partial charge in [0.1, 0.15) is 0 Å². The molecule has 0 amide bonds. The van der Waals surface area contributed by atoms with Gasteiger partial charge in [0.15, 0.2) is 0 Å². The average molecular weight is 287 g/mol. The van der Waals surface area contributed by atoms with Crippen LogP contribution in [0.15, 0.2) is 17.0 Å². The van der Waals surface area contributed by atoms with E-state index in [4.69, 9.17) is 10.2 Å². The Morgan fingerprint density at radius 2 is 1.89 bits per heavy atom. The van der Waals surface area contributed by atoms with E-state index >= 15 is 0 Å². The normalized spacial score (nSPS) is 13.3. The maximum atomic E-state index is 12.1. The molecule has 0 aliphatic rings. The zero-order chi connectivity index (χ0) is 14.8. The highest BCUT2D eigenvalue weighted by Crippen LogP contribution is 2.20. The van der Waals surface area contributed by atoms with E-state index < -0.39 is 22.0 Å². The number of hydrogen-bond donors (Lipinski definition) is 3. The van der Waals surface area contributed by atoms with Crippen LogP contribution in [0.4, 0.5) is 0 Å². The zero-order valence-corrected chi connectivity index (χ0v) is 11.8. The van der Waals surface area contributed by atoms with Crippen LogP contribution in [0.25, 0.3) is 0 Å². The van der Waals surface area contributed by atoms with E-state index in [0.717, 1.165) is 6.07 Å². The Bertz CT molecular complexity index is 594. The Morgan fingerprint density at radius 1 is 1.32 bits per heavy atom. The Hall–Kier alpha value is -1.44. The number of sulfonamides is 1. The fraction of sp³-hybridized carbons (Fsp3) is 0.417. The monoisotopic (exact) mass is 287 g/mol. The van der Waals surface area contributed by atoms with Crippen LogP contribution in [0.5, 0.6) is 0 Å². The molecule has 0 aliphatic heterocycles. The molecule has 19 heavy (non-hydrogen) atoms. The Kier molecular flexibility index (Phi) is 4.67. The number of benzene rings is 1. The SMILES string of the molecule is Cc1cc(C)c(S(=O)(=O)NC(C)CO)cc1C(=O)O. The largest absolute Gasteiger partial charge is 0.478 e. The molecule has 1 atom stereocenters. The van der Waals surface area contributed by atoms with E-state index in [1.165, 1.54) is 13.0 Å². The van der Waals surface area contributed by atoms with Gasteiger partial charge in [-0.1, -0.05) is 6.07 Å². The van der Waals surface area contributed by atoms with E-state index in [2.05, 4.69) is 4.72 Å². The van der Waals surface area contributed by atoms with Crippen molar-refractivity contribution >= 4 is 16.0 Å². The fourth-order valence-electron chi connectivity index (χ4n) is 1.72. The number of hydrogen-bond acceptors (Lipinski definition) is 4. The van der Waals surface area contributed by atoms with Gasteiger partial charge in [0.25, 0.3) is 0 Å². The Labute approximate surface area is 112 Å². The van der Waals surface area contributed by atoms with Gasteiger partial charge >= 0.3 is 5.97 Å². The van der Waals surface area contributed by atoms with E-state index in [9.17, 15) is 13.2 Å². The summed E-state index contributed by atoms with van der Waals surface area (Å²) in [6.45, 7) is 4.38. The maximum Gasteiger partial charge on any atom is 0.335 e. The molecule has 0 heterocycles. The lowest BCUT2D eigenvalue weighted by molar-refractivity contribution is 0.0696. The van der Waals surface area contributed by atoms with Crippen molar-refractivity contribution in [1.82, 2.24) is 4.72 Å². The molecule has 0 fully saturated rings. The molecule has 0 saturated heterocycles. The van der Waals surface area contributed by atoms with Crippen molar-refractivity contribution in [2.24, 2.45) is 0 Å².